The molecule has 180 valence electrons. The van der Waals surface area contributed by atoms with Gasteiger partial charge in [-0.15, -0.1) is 24.0 Å². The molecule has 2 fully saturated rings. The molecule has 4 rings (SSSR count). The van der Waals surface area contributed by atoms with E-state index < -0.39 is 0 Å². The van der Waals surface area contributed by atoms with Gasteiger partial charge in [0.1, 0.15) is 11.9 Å². The van der Waals surface area contributed by atoms with E-state index in [9.17, 15) is 0 Å². The molecule has 0 aromatic heterocycles. The third-order valence-corrected chi connectivity index (χ3v) is 6.17. The van der Waals surface area contributed by atoms with Gasteiger partial charge in [0.15, 0.2) is 5.96 Å². The van der Waals surface area contributed by atoms with Gasteiger partial charge < -0.3 is 19.7 Å². The van der Waals surface area contributed by atoms with Crippen molar-refractivity contribution in [1.29, 1.82) is 0 Å². The van der Waals surface area contributed by atoms with E-state index in [1.54, 1.807) is 0 Å². The summed E-state index contributed by atoms with van der Waals surface area (Å²) in [6, 6.07) is 19.0. The summed E-state index contributed by atoms with van der Waals surface area (Å²) in [5.41, 5.74) is 2.64. The number of hydrogen-bond donors (Lipinski definition) is 1. The summed E-state index contributed by atoms with van der Waals surface area (Å²) in [7, 11) is 1.87. The van der Waals surface area contributed by atoms with Crippen molar-refractivity contribution in [2.45, 2.75) is 45.1 Å². The molecule has 0 spiro atoms. The topological polar surface area (TPSA) is 49.3 Å². The zero-order valence-corrected chi connectivity index (χ0v) is 22.1. The minimum absolute atomic E-state index is 0. The zero-order valence-electron chi connectivity index (χ0n) is 19.8. The number of morpholine rings is 1. The monoisotopic (exact) mass is 564 g/mol. The number of halogens is 1. The summed E-state index contributed by atoms with van der Waals surface area (Å²) < 4.78 is 11.8. The first-order valence-corrected chi connectivity index (χ1v) is 11.8. The lowest BCUT2D eigenvalue weighted by molar-refractivity contribution is -0.0212. The van der Waals surface area contributed by atoms with Crippen molar-refractivity contribution in [2.75, 3.05) is 39.8 Å². The molecule has 1 unspecified atom stereocenters. The van der Waals surface area contributed by atoms with Crippen LogP contribution in [0.4, 0.5) is 0 Å². The van der Waals surface area contributed by atoms with Crippen molar-refractivity contribution in [2.24, 2.45) is 4.99 Å². The van der Waals surface area contributed by atoms with Gasteiger partial charge in [0.25, 0.3) is 0 Å². The largest absolute Gasteiger partial charge is 0.490 e. The van der Waals surface area contributed by atoms with Crippen LogP contribution >= 0.6 is 24.0 Å². The smallest absolute Gasteiger partial charge is 0.193 e. The van der Waals surface area contributed by atoms with Crippen LogP contribution in [0.3, 0.4) is 0 Å². The lowest BCUT2D eigenvalue weighted by Crippen LogP contribution is -2.47. The van der Waals surface area contributed by atoms with Gasteiger partial charge >= 0.3 is 0 Å². The van der Waals surface area contributed by atoms with Gasteiger partial charge in [0, 0.05) is 59.2 Å². The van der Waals surface area contributed by atoms with Crippen LogP contribution in [0.1, 0.15) is 30.9 Å². The normalized spacial score (nSPS) is 20.2. The Balaban J connectivity index is 0.00000306. The molecule has 33 heavy (non-hydrogen) atoms. The highest BCUT2D eigenvalue weighted by Gasteiger charge is 2.22. The molecule has 0 aliphatic carbocycles. The van der Waals surface area contributed by atoms with Crippen LogP contribution in [-0.2, 0) is 17.8 Å². The SMILES string of the molecule is CN=C(NCc1cccc(CN2CCOC(C)C2)c1)N1CCC(Oc2ccccc2)CC1.I. The number of aliphatic imine (C=N–C) groups is 1. The number of nitrogens with zero attached hydrogens (tertiary/aromatic N) is 3. The van der Waals surface area contributed by atoms with E-state index in [0.717, 1.165) is 70.4 Å². The maximum Gasteiger partial charge on any atom is 0.193 e. The van der Waals surface area contributed by atoms with E-state index in [1.807, 2.05) is 37.4 Å². The fraction of sp³-hybridized carbons (Fsp3) is 0.500. The average molecular weight is 565 g/mol. The molecule has 0 radical (unpaired) electrons. The molecule has 2 aliphatic rings. The highest BCUT2D eigenvalue weighted by molar-refractivity contribution is 14.0. The van der Waals surface area contributed by atoms with Crippen molar-refractivity contribution in [3.05, 3.63) is 65.7 Å². The number of hydrogen-bond acceptors (Lipinski definition) is 4. The first kappa shape index (κ1) is 25.8. The second kappa shape index (κ2) is 13.2. The summed E-state index contributed by atoms with van der Waals surface area (Å²) in [4.78, 5) is 9.34. The van der Waals surface area contributed by atoms with Crippen LogP contribution in [0.5, 0.6) is 5.75 Å². The zero-order chi connectivity index (χ0) is 22.2. The van der Waals surface area contributed by atoms with Gasteiger partial charge in [0.05, 0.1) is 12.7 Å². The summed E-state index contributed by atoms with van der Waals surface area (Å²) >= 11 is 0. The maximum atomic E-state index is 6.13. The van der Waals surface area contributed by atoms with Gasteiger partial charge in [-0.25, -0.2) is 0 Å². The third kappa shape index (κ3) is 7.86. The van der Waals surface area contributed by atoms with Crippen LogP contribution in [0, 0.1) is 0 Å². The quantitative estimate of drug-likeness (QED) is 0.325. The lowest BCUT2D eigenvalue weighted by Gasteiger charge is -2.34. The molecular weight excluding hydrogens is 527 g/mol. The summed E-state index contributed by atoms with van der Waals surface area (Å²) in [6.45, 7) is 8.63. The van der Waals surface area contributed by atoms with E-state index >= 15 is 0 Å². The van der Waals surface area contributed by atoms with E-state index in [-0.39, 0.29) is 30.1 Å². The van der Waals surface area contributed by atoms with Crippen molar-refractivity contribution < 1.29 is 9.47 Å². The van der Waals surface area contributed by atoms with E-state index in [0.29, 0.717) is 6.10 Å². The first-order valence-electron chi connectivity index (χ1n) is 11.8. The molecule has 2 heterocycles. The molecule has 7 heteroatoms. The summed E-state index contributed by atoms with van der Waals surface area (Å²) in [5.74, 6) is 1.93. The van der Waals surface area contributed by atoms with E-state index in [4.69, 9.17) is 9.47 Å². The predicted octanol–water partition coefficient (Wildman–Crippen LogP) is 4.14. The maximum absolute atomic E-state index is 6.13. The highest BCUT2D eigenvalue weighted by atomic mass is 127. The Kier molecular flexibility index (Phi) is 10.3. The Labute approximate surface area is 215 Å². The molecule has 2 saturated heterocycles. The van der Waals surface area contributed by atoms with Crippen LogP contribution in [0.25, 0.3) is 0 Å². The first-order chi connectivity index (χ1) is 15.7. The molecule has 1 atom stereocenters. The molecule has 0 saturated carbocycles. The van der Waals surface area contributed by atoms with Crippen LogP contribution in [0.15, 0.2) is 59.6 Å². The molecule has 0 amide bonds. The lowest BCUT2D eigenvalue weighted by atomic mass is 10.1. The molecule has 2 aliphatic heterocycles. The number of benzene rings is 2. The highest BCUT2D eigenvalue weighted by Crippen LogP contribution is 2.19. The minimum Gasteiger partial charge on any atom is -0.490 e. The molecule has 2 aromatic rings. The van der Waals surface area contributed by atoms with E-state index in [1.165, 1.54) is 11.1 Å². The van der Waals surface area contributed by atoms with Crippen molar-refractivity contribution >= 4 is 29.9 Å². The number of piperidine rings is 1. The van der Waals surface area contributed by atoms with Crippen molar-refractivity contribution in [3.63, 3.8) is 0 Å². The number of para-hydroxylation sites is 1. The van der Waals surface area contributed by atoms with Crippen molar-refractivity contribution in [1.82, 2.24) is 15.1 Å². The van der Waals surface area contributed by atoms with Gasteiger partial charge in [-0.3, -0.25) is 9.89 Å². The van der Waals surface area contributed by atoms with Gasteiger partial charge in [-0.2, -0.15) is 0 Å². The Morgan fingerprint density at radius 2 is 1.82 bits per heavy atom. The van der Waals surface area contributed by atoms with Crippen molar-refractivity contribution in [3.8, 4) is 5.75 Å². The minimum atomic E-state index is 0. The fourth-order valence-electron chi connectivity index (χ4n) is 4.52. The molecule has 0 bridgehead atoms. The molecule has 1 N–H and O–H groups in total. The Morgan fingerprint density at radius 1 is 1.06 bits per heavy atom. The third-order valence-electron chi connectivity index (χ3n) is 6.17. The summed E-state index contributed by atoms with van der Waals surface area (Å²) in [5, 5.41) is 3.56. The number of nitrogens with one attached hydrogen (secondary N) is 1. The van der Waals surface area contributed by atoms with E-state index in [2.05, 4.69) is 51.3 Å². The fourth-order valence-corrected chi connectivity index (χ4v) is 4.52. The second-order valence-corrected chi connectivity index (χ2v) is 8.75. The van der Waals surface area contributed by atoms with Crippen LogP contribution in [0.2, 0.25) is 0 Å². The van der Waals surface area contributed by atoms with Gasteiger partial charge in [-0.1, -0.05) is 42.5 Å². The standard InChI is InChI=1S/C26H36N4O2.HI/c1-21-19-29(15-16-31-21)20-23-8-6-7-22(17-23)18-28-26(27-2)30-13-11-25(12-14-30)32-24-9-4-3-5-10-24;/h3-10,17,21,25H,11-16,18-20H2,1-2H3,(H,27,28);1H. The molecule has 2 aromatic carbocycles. The second-order valence-electron chi connectivity index (χ2n) is 8.75. The number of likely N-dealkylation sites (tertiary alicyclic amines) is 1. The number of guanidine groups is 1. The van der Waals surface area contributed by atoms with Gasteiger partial charge in [0.2, 0.25) is 0 Å². The molecule has 6 nitrogen and oxygen atoms in total. The number of rotatable bonds is 6. The van der Waals surface area contributed by atoms with Gasteiger partial charge in [-0.05, 0) is 30.2 Å². The summed E-state index contributed by atoms with van der Waals surface area (Å²) in [6.07, 6.45) is 2.59. The Bertz CT molecular complexity index is 872. The number of ether oxygens (including phenoxy) is 2. The van der Waals surface area contributed by atoms with Crippen LogP contribution < -0.4 is 10.1 Å². The molecular formula is C26H37IN4O2. The average Bonchev–Trinajstić information content (AvgIpc) is 2.81. The Hall–Kier alpha value is -1.84. The van der Waals surface area contributed by atoms with Crippen LogP contribution in [-0.4, -0.2) is 67.8 Å². The predicted molar refractivity (Wildman–Crippen MR) is 144 cm³/mol. The Morgan fingerprint density at radius 3 is 2.55 bits per heavy atom.